The summed E-state index contributed by atoms with van der Waals surface area (Å²) in [5.74, 6) is 1.46. The van der Waals surface area contributed by atoms with Crippen LogP contribution in [-0.2, 0) is 17.8 Å². The molecule has 1 N–H and O–H groups in total. The van der Waals surface area contributed by atoms with Crippen molar-refractivity contribution in [2.45, 2.75) is 45.8 Å². The molecule has 1 aliphatic carbocycles. The first-order chi connectivity index (χ1) is 8.25. The van der Waals surface area contributed by atoms with Crippen LogP contribution in [0.25, 0.3) is 0 Å². The van der Waals surface area contributed by atoms with Gasteiger partial charge in [-0.1, -0.05) is 13.8 Å². The largest absolute Gasteiger partial charge is 0.379 e. The van der Waals surface area contributed by atoms with E-state index in [4.69, 9.17) is 4.74 Å². The summed E-state index contributed by atoms with van der Waals surface area (Å²) in [7, 11) is 0. The third-order valence-corrected chi connectivity index (χ3v) is 2.63. The van der Waals surface area contributed by atoms with Crippen molar-refractivity contribution >= 4 is 0 Å². The summed E-state index contributed by atoms with van der Waals surface area (Å²) in [6.45, 7) is 7.21. The van der Waals surface area contributed by atoms with Crippen LogP contribution in [0.1, 0.15) is 32.5 Å². The molecule has 0 amide bonds. The molecule has 0 unspecified atom stereocenters. The fourth-order valence-corrected chi connectivity index (χ4v) is 1.52. The van der Waals surface area contributed by atoms with Crippen molar-refractivity contribution in [1.82, 2.24) is 25.5 Å². The molecule has 0 spiro atoms. The second-order valence-electron chi connectivity index (χ2n) is 4.94. The van der Waals surface area contributed by atoms with Crippen LogP contribution in [0.3, 0.4) is 0 Å². The third kappa shape index (κ3) is 4.40. The smallest absolute Gasteiger partial charge is 0.165 e. The molecular formula is C11H21N5O. The van der Waals surface area contributed by atoms with Gasteiger partial charge in [-0.15, -0.1) is 5.10 Å². The molecular weight excluding hydrogens is 218 g/mol. The predicted octanol–water partition coefficient (Wildman–Crippen LogP) is 0.598. The van der Waals surface area contributed by atoms with Gasteiger partial charge in [0.25, 0.3) is 0 Å². The van der Waals surface area contributed by atoms with E-state index < -0.39 is 0 Å². The van der Waals surface area contributed by atoms with Gasteiger partial charge in [-0.3, -0.25) is 0 Å². The zero-order chi connectivity index (χ0) is 12.1. The summed E-state index contributed by atoms with van der Waals surface area (Å²) >= 11 is 0. The lowest BCUT2D eigenvalue weighted by atomic mass is 10.2. The van der Waals surface area contributed by atoms with Gasteiger partial charge in [-0.2, -0.15) is 0 Å². The molecule has 0 radical (unpaired) electrons. The van der Waals surface area contributed by atoms with E-state index in [1.165, 1.54) is 12.8 Å². The lowest BCUT2D eigenvalue weighted by Gasteiger charge is -2.08. The molecule has 2 rings (SSSR count). The monoisotopic (exact) mass is 239 g/mol. The summed E-state index contributed by atoms with van der Waals surface area (Å²) in [4.78, 5) is 0. The van der Waals surface area contributed by atoms with E-state index in [2.05, 4.69) is 34.7 Å². The Morgan fingerprint density at radius 1 is 1.47 bits per heavy atom. The zero-order valence-corrected chi connectivity index (χ0v) is 10.6. The minimum Gasteiger partial charge on any atom is -0.379 e. The number of rotatable bonds is 8. The maximum absolute atomic E-state index is 5.52. The Labute approximate surface area is 102 Å². The van der Waals surface area contributed by atoms with Crippen molar-refractivity contribution < 1.29 is 4.74 Å². The summed E-state index contributed by atoms with van der Waals surface area (Å²) < 4.78 is 7.34. The molecule has 6 nitrogen and oxygen atoms in total. The number of tetrazole rings is 1. The van der Waals surface area contributed by atoms with Gasteiger partial charge < -0.3 is 10.1 Å². The van der Waals surface area contributed by atoms with E-state index in [9.17, 15) is 0 Å². The third-order valence-electron chi connectivity index (χ3n) is 2.63. The molecule has 1 aromatic rings. The quantitative estimate of drug-likeness (QED) is 0.673. The molecule has 0 aromatic carbocycles. The normalized spacial score (nSPS) is 15.7. The highest BCUT2D eigenvalue weighted by molar-refractivity contribution is 4.86. The van der Waals surface area contributed by atoms with E-state index in [1.807, 2.05) is 4.68 Å². The van der Waals surface area contributed by atoms with E-state index in [1.54, 1.807) is 0 Å². The van der Waals surface area contributed by atoms with Crippen LogP contribution in [-0.4, -0.2) is 39.5 Å². The Kier molecular flexibility index (Phi) is 4.44. The highest BCUT2D eigenvalue weighted by atomic mass is 16.5. The number of nitrogens with zero attached hydrogens (tertiary/aromatic N) is 4. The molecule has 0 bridgehead atoms. The molecule has 6 heteroatoms. The lowest BCUT2D eigenvalue weighted by molar-refractivity contribution is 0.0999. The number of ether oxygens (including phenoxy) is 1. The Morgan fingerprint density at radius 2 is 2.29 bits per heavy atom. The van der Waals surface area contributed by atoms with Gasteiger partial charge in [0, 0.05) is 12.6 Å². The number of hydrogen-bond donors (Lipinski definition) is 1. The SMILES string of the molecule is CC(C)COCCn1nnnc1CNC1CC1. The Hall–Kier alpha value is -1.01. The molecule has 1 heterocycles. The van der Waals surface area contributed by atoms with Crippen LogP contribution < -0.4 is 5.32 Å². The molecule has 0 atom stereocenters. The minimum atomic E-state index is 0.569. The average Bonchev–Trinajstić information content (AvgIpc) is 3.02. The maximum atomic E-state index is 5.52. The highest BCUT2D eigenvalue weighted by Gasteiger charge is 2.21. The van der Waals surface area contributed by atoms with Crippen molar-refractivity contribution in [3.05, 3.63) is 5.82 Å². The van der Waals surface area contributed by atoms with Gasteiger partial charge in [-0.25, -0.2) is 4.68 Å². The van der Waals surface area contributed by atoms with Crippen LogP contribution in [0.5, 0.6) is 0 Å². The van der Waals surface area contributed by atoms with Gasteiger partial charge in [0.15, 0.2) is 5.82 Å². The number of hydrogen-bond acceptors (Lipinski definition) is 5. The second kappa shape index (κ2) is 6.07. The van der Waals surface area contributed by atoms with Crippen LogP contribution >= 0.6 is 0 Å². The van der Waals surface area contributed by atoms with Crippen molar-refractivity contribution in [3.63, 3.8) is 0 Å². The first kappa shape index (κ1) is 12.4. The topological polar surface area (TPSA) is 64.9 Å². The van der Waals surface area contributed by atoms with Gasteiger partial charge in [0.1, 0.15) is 0 Å². The van der Waals surface area contributed by atoms with Gasteiger partial charge in [-0.05, 0) is 29.2 Å². The van der Waals surface area contributed by atoms with E-state index in [0.29, 0.717) is 18.6 Å². The average molecular weight is 239 g/mol. The molecule has 0 aliphatic heterocycles. The lowest BCUT2D eigenvalue weighted by Crippen LogP contribution is -2.20. The first-order valence-electron chi connectivity index (χ1n) is 6.32. The molecule has 96 valence electrons. The van der Waals surface area contributed by atoms with Gasteiger partial charge in [0.2, 0.25) is 0 Å². The second-order valence-corrected chi connectivity index (χ2v) is 4.94. The summed E-state index contributed by atoms with van der Waals surface area (Å²) in [5.41, 5.74) is 0. The maximum Gasteiger partial charge on any atom is 0.165 e. The molecule has 17 heavy (non-hydrogen) atoms. The fourth-order valence-electron chi connectivity index (χ4n) is 1.52. The summed E-state index contributed by atoms with van der Waals surface area (Å²) in [5, 5.41) is 15.1. The minimum absolute atomic E-state index is 0.569. The summed E-state index contributed by atoms with van der Waals surface area (Å²) in [6.07, 6.45) is 2.55. The van der Waals surface area contributed by atoms with E-state index in [-0.39, 0.29) is 0 Å². The zero-order valence-electron chi connectivity index (χ0n) is 10.6. The van der Waals surface area contributed by atoms with Crippen LogP contribution in [0.4, 0.5) is 0 Å². The van der Waals surface area contributed by atoms with Crippen molar-refractivity contribution in [2.24, 2.45) is 5.92 Å². The van der Waals surface area contributed by atoms with Crippen LogP contribution in [0.15, 0.2) is 0 Å². The van der Waals surface area contributed by atoms with Gasteiger partial charge in [0.05, 0.1) is 19.7 Å². The Morgan fingerprint density at radius 3 is 3.00 bits per heavy atom. The highest BCUT2D eigenvalue weighted by Crippen LogP contribution is 2.18. The first-order valence-corrected chi connectivity index (χ1v) is 6.32. The van der Waals surface area contributed by atoms with E-state index in [0.717, 1.165) is 25.5 Å². The molecule has 1 saturated carbocycles. The Bertz CT molecular complexity index is 334. The fraction of sp³-hybridized carbons (Fsp3) is 0.909. The summed E-state index contributed by atoms with van der Waals surface area (Å²) in [6, 6.07) is 0.678. The number of aromatic nitrogens is 4. The van der Waals surface area contributed by atoms with Crippen LogP contribution in [0, 0.1) is 5.92 Å². The standard InChI is InChI=1S/C11H21N5O/c1-9(2)8-17-6-5-16-11(13-14-15-16)7-12-10-3-4-10/h9-10,12H,3-8H2,1-2H3. The Balaban J connectivity index is 1.69. The molecule has 1 fully saturated rings. The van der Waals surface area contributed by atoms with Crippen molar-refractivity contribution in [3.8, 4) is 0 Å². The molecule has 1 aliphatic rings. The van der Waals surface area contributed by atoms with E-state index >= 15 is 0 Å². The van der Waals surface area contributed by atoms with Crippen LogP contribution in [0.2, 0.25) is 0 Å². The number of nitrogens with one attached hydrogen (secondary N) is 1. The van der Waals surface area contributed by atoms with Crippen molar-refractivity contribution in [2.75, 3.05) is 13.2 Å². The predicted molar refractivity (Wildman–Crippen MR) is 63.3 cm³/mol. The van der Waals surface area contributed by atoms with Gasteiger partial charge >= 0.3 is 0 Å². The molecule has 1 aromatic heterocycles. The van der Waals surface area contributed by atoms with Crippen molar-refractivity contribution in [1.29, 1.82) is 0 Å². The molecule has 0 saturated heterocycles.